The molecule has 0 saturated heterocycles. The molecule has 0 bridgehead atoms. The predicted molar refractivity (Wildman–Crippen MR) is 105 cm³/mol. The molecule has 3 rings (SSSR count). The molecule has 0 saturated carbocycles. The second-order valence-electron chi connectivity index (χ2n) is 7.43. The quantitative estimate of drug-likeness (QED) is 0.617. The van der Waals surface area contributed by atoms with Crippen LogP contribution in [0.5, 0.6) is 17.2 Å². The van der Waals surface area contributed by atoms with Crippen molar-refractivity contribution in [3.8, 4) is 17.2 Å². The van der Waals surface area contributed by atoms with Gasteiger partial charge in [0, 0.05) is 24.1 Å². The fraction of sp³-hybridized carbons (Fsp3) is 0.409. The molecule has 1 aliphatic heterocycles. The van der Waals surface area contributed by atoms with Crippen LogP contribution in [0.3, 0.4) is 0 Å². The summed E-state index contributed by atoms with van der Waals surface area (Å²) in [5.74, 6) is -0.790. The molecule has 0 amide bonds. The van der Waals surface area contributed by atoms with Gasteiger partial charge in [-0.3, -0.25) is 4.79 Å². The average molecular weight is 405 g/mol. The fourth-order valence-corrected chi connectivity index (χ4v) is 3.54. The van der Waals surface area contributed by atoms with Crippen LogP contribution in [0.15, 0.2) is 24.3 Å². The van der Waals surface area contributed by atoms with Gasteiger partial charge in [0.1, 0.15) is 0 Å². The van der Waals surface area contributed by atoms with E-state index in [2.05, 4.69) is 4.90 Å². The lowest BCUT2D eigenvalue weighted by Gasteiger charge is -2.22. The van der Waals surface area contributed by atoms with Crippen LogP contribution in [0, 0.1) is 11.6 Å². The summed E-state index contributed by atoms with van der Waals surface area (Å²) in [7, 11) is 5.53. The van der Waals surface area contributed by atoms with Crippen LogP contribution in [0.25, 0.3) is 0 Å². The number of fused-ring (bicyclic) bond motifs is 1. The molecule has 156 valence electrons. The van der Waals surface area contributed by atoms with Gasteiger partial charge in [-0.05, 0) is 56.3 Å². The fourth-order valence-electron chi connectivity index (χ4n) is 3.54. The monoisotopic (exact) mass is 405 g/mol. The molecular weight excluding hydrogens is 380 g/mol. The summed E-state index contributed by atoms with van der Waals surface area (Å²) in [5, 5.41) is 0. The molecule has 7 heteroatoms. The lowest BCUT2D eigenvalue weighted by Crippen LogP contribution is -2.17. The molecule has 0 radical (unpaired) electrons. The first-order chi connectivity index (χ1) is 13.8. The molecule has 0 N–H and O–H groups in total. The molecule has 0 spiro atoms. The van der Waals surface area contributed by atoms with Crippen LogP contribution in [0.2, 0.25) is 0 Å². The number of halogens is 2. The van der Waals surface area contributed by atoms with Crippen molar-refractivity contribution in [2.45, 2.75) is 25.7 Å². The van der Waals surface area contributed by atoms with E-state index in [9.17, 15) is 13.6 Å². The third-order valence-electron chi connectivity index (χ3n) is 5.00. The number of hydrogen-bond acceptors (Lipinski definition) is 5. The minimum absolute atomic E-state index is 0.116. The van der Waals surface area contributed by atoms with Crippen molar-refractivity contribution in [3.05, 3.63) is 52.6 Å². The van der Waals surface area contributed by atoms with Gasteiger partial charge in [-0.2, -0.15) is 0 Å². The second kappa shape index (κ2) is 8.78. The van der Waals surface area contributed by atoms with E-state index in [0.29, 0.717) is 17.2 Å². The zero-order chi connectivity index (χ0) is 21.1. The SMILES string of the molecule is COc1c2c(cc(CCN(C)C)c1C(C)CC(=O)c1ccc(F)c(F)c1)OCO2. The first kappa shape index (κ1) is 21.0. The number of methoxy groups -OCH3 is 1. The highest BCUT2D eigenvalue weighted by molar-refractivity contribution is 5.96. The Morgan fingerprint density at radius 3 is 2.62 bits per heavy atom. The summed E-state index contributed by atoms with van der Waals surface area (Å²) in [6, 6.07) is 5.14. The van der Waals surface area contributed by atoms with Gasteiger partial charge >= 0.3 is 0 Å². The van der Waals surface area contributed by atoms with Crippen LogP contribution in [-0.2, 0) is 6.42 Å². The maximum atomic E-state index is 13.5. The van der Waals surface area contributed by atoms with Crippen LogP contribution >= 0.6 is 0 Å². The van der Waals surface area contributed by atoms with Crippen molar-refractivity contribution in [1.29, 1.82) is 0 Å². The maximum Gasteiger partial charge on any atom is 0.231 e. The molecule has 2 aromatic rings. The number of benzene rings is 2. The Labute approximate surface area is 169 Å². The molecule has 1 aliphatic rings. The van der Waals surface area contributed by atoms with Gasteiger partial charge in [-0.15, -0.1) is 0 Å². The number of likely N-dealkylation sites (N-methyl/N-ethyl adjacent to an activating group) is 1. The minimum atomic E-state index is -1.03. The van der Waals surface area contributed by atoms with E-state index in [1.807, 2.05) is 27.1 Å². The van der Waals surface area contributed by atoms with Gasteiger partial charge in [0.15, 0.2) is 28.9 Å². The molecular formula is C22H25F2NO4. The first-order valence-corrected chi connectivity index (χ1v) is 9.44. The highest BCUT2D eigenvalue weighted by Gasteiger charge is 2.29. The summed E-state index contributed by atoms with van der Waals surface area (Å²) >= 11 is 0. The van der Waals surface area contributed by atoms with Gasteiger partial charge in [-0.25, -0.2) is 8.78 Å². The summed E-state index contributed by atoms with van der Waals surface area (Å²) in [5.41, 5.74) is 2.02. The molecule has 5 nitrogen and oxygen atoms in total. The predicted octanol–water partition coefficient (Wildman–Crippen LogP) is 4.18. The van der Waals surface area contributed by atoms with E-state index in [1.165, 1.54) is 6.07 Å². The lowest BCUT2D eigenvalue weighted by molar-refractivity contribution is 0.0974. The van der Waals surface area contributed by atoms with Crippen molar-refractivity contribution in [3.63, 3.8) is 0 Å². The van der Waals surface area contributed by atoms with Gasteiger partial charge < -0.3 is 19.1 Å². The second-order valence-corrected chi connectivity index (χ2v) is 7.43. The molecule has 1 atom stereocenters. The average Bonchev–Trinajstić information content (AvgIpc) is 3.15. The van der Waals surface area contributed by atoms with Gasteiger partial charge in [0.25, 0.3) is 0 Å². The maximum absolute atomic E-state index is 13.5. The molecule has 1 heterocycles. The van der Waals surface area contributed by atoms with E-state index in [-0.39, 0.29) is 30.5 Å². The van der Waals surface area contributed by atoms with Crippen molar-refractivity contribution in [2.24, 2.45) is 0 Å². The van der Waals surface area contributed by atoms with Crippen LogP contribution in [-0.4, -0.2) is 45.2 Å². The number of carbonyl (C=O) groups excluding carboxylic acids is 1. The molecule has 2 aromatic carbocycles. The number of ketones is 1. The van der Waals surface area contributed by atoms with Crippen LogP contribution in [0.1, 0.15) is 40.7 Å². The minimum Gasteiger partial charge on any atom is -0.492 e. The normalized spacial score (nSPS) is 13.6. The number of ether oxygens (including phenoxy) is 3. The Hall–Kier alpha value is -2.67. The highest BCUT2D eigenvalue weighted by Crippen LogP contribution is 2.48. The Morgan fingerprint density at radius 2 is 1.97 bits per heavy atom. The standard InChI is InChI=1S/C22H25F2NO4/c1-13(9-18(26)14-5-6-16(23)17(24)10-14)20-15(7-8-25(2)3)11-19-21(22(20)27-4)29-12-28-19/h5-6,10-11,13H,7-9,12H2,1-4H3. The van der Waals surface area contributed by atoms with E-state index < -0.39 is 11.6 Å². The number of Topliss-reactive ketones (excluding diaryl/α,β-unsaturated/α-hetero) is 1. The van der Waals surface area contributed by atoms with Crippen LogP contribution in [0.4, 0.5) is 8.78 Å². The Morgan fingerprint density at radius 1 is 1.21 bits per heavy atom. The Kier molecular flexibility index (Phi) is 6.37. The zero-order valence-corrected chi connectivity index (χ0v) is 17.1. The first-order valence-electron chi connectivity index (χ1n) is 9.44. The highest BCUT2D eigenvalue weighted by atomic mass is 19.2. The van der Waals surface area contributed by atoms with E-state index in [1.54, 1.807) is 7.11 Å². The van der Waals surface area contributed by atoms with Crippen molar-refractivity contribution in [2.75, 3.05) is 34.5 Å². The van der Waals surface area contributed by atoms with Gasteiger partial charge in [0.2, 0.25) is 12.5 Å². The topological polar surface area (TPSA) is 48.0 Å². The summed E-state index contributed by atoms with van der Waals surface area (Å²) in [6.45, 7) is 2.83. The van der Waals surface area contributed by atoms with E-state index in [0.717, 1.165) is 36.2 Å². The van der Waals surface area contributed by atoms with Gasteiger partial charge in [-0.1, -0.05) is 6.92 Å². The van der Waals surface area contributed by atoms with Gasteiger partial charge in [0.05, 0.1) is 7.11 Å². The van der Waals surface area contributed by atoms with Crippen molar-refractivity contribution in [1.82, 2.24) is 4.90 Å². The zero-order valence-electron chi connectivity index (χ0n) is 17.1. The molecule has 1 unspecified atom stereocenters. The lowest BCUT2D eigenvalue weighted by atomic mass is 9.87. The molecule has 0 aromatic heterocycles. The Bertz CT molecular complexity index is 914. The largest absolute Gasteiger partial charge is 0.492 e. The molecule has 0 fully saturated rings. The van der Waals surface area contributed by atoms with Crippen LogP contribution < -0.4 is 14.2 Å². The number of hydrogen-bond donors (Lipinski definition) is 0. The van der Waals surface area contributed by atoms with E-state index >= 15 is 0 Å². The Balaban J connectivity index is 1.94. The van der Waals surface area contributed by atoms with Crippen molar-refractivity contribution >= 4 is 5.78 Å². The molecule has 0 aliphatic carbocycles. The number of carbonyl (C=O) groups is 1. The molecule has 29 heavy (non-hydrogen) atoms. The third-order valence-corrected chi connectivity index (χ3v) is 5.00. The third kappa shape index (κ3) is 4.50. The van der Waals surface area contributed by atoms with E-state index in [4.69, 9.17) is 14.2 Å². The summed E-state index contributed by atoms with van der Waals surface area (Å²) in [6.07, 6.45) is 0.856. The summed E-state index contributed by atoms with van der Waals surface area (Å²) in [4.78, 5) is 14.8. The van der Waals surface area contributed by atoms with Crippen molar-refractivity contribution < 1.29 is 27.8 Å². The summed E-state index contributed by atoms with van der Waals surface area (Å²) < 4.78 is 43.5. The smallest absolute Gasteiger partial charge is 0.231 e. The number of nitrogens with zero attached hydrogens (tertiary/aromatic N) is 1. The number of rotatable bonds is 8.